The summed E-state index contributed by atoms with van der Waals surface area (Å²) in [5.74, 6) is 0.290. The van der Waals surface area contributed by atoms with Crippen LogP contribution in [0.2, 0.25) is 0 Å². The fourth-order valence-electron chi connectivity index (χ4n) is 2.63. The van der Waals surface area contributed by atoms with Crippen molar-refractivity contribution >= 4 is 23.0 Å². The Morgan fingerprint density at radius 2 is 1.88 bits per heavy atom. The van der Waals surface area contributed by atoms with Crippen LogP contribution in [0.15, 0.2) is 58.4 Å². The Morgan fingerprint density at radius 3 is 2.65 bits per heavy atom. The number of hydrogen-bond acceptors (Lipinski definition) is 4. The molecule has 1 amide bonds. The number of ether oxygens (including phenoxy) is 1. The van der Waals surface area contributed by atoms with Gasteiger partial charge < -0.3 is 9.72 Å². The molecular formula is C20H19N3O3. The largest absolute Gasteiger partial charge is 0.483 e. The Hall–Kier alpha value is -3.41. The van der Waals surface area contributed by atoms with Crippen LogP contribution >= 0.6 is 0 Å². The second-order valence-electron chi connectivity index (χ2n) is 5.94. The number of fused-ring (bicyclic) bond motifs is 1. The molecule has 3 rings (SSSR count). The van der Waals surface area contributed by atoms with Crippen molar-refractivity contribution in [2.75, 3.05) is 6.61 Å². The Bertz CT molecular complexity index is 1020. The average Bonchev–Trinajstić information content (AvgIpc) is 2.61. The first-order chi connectivity index (χ1) is 12.5. The van der Waals surface area contributed by atoms with Gasteiger partial charge in [-0.1, -0.05) is 36.4 Å². The standard InChI is InChI=1S/C20H19N3O3/c1-13-6-5-7-14(2)19(13)26-12-18(24)23-21-11-16-10-15-8-3-4-9-17(15)22-20(16)25/h3-11H,12H2,1-2H3,(H,22,25)(H,23,24). The molecule has 2 aromatic carbocycles. The van der Waals surface area contributed by atoms with Gasteiger partial charge in [0.05, 0.1) is 11.8 Å². The van der Waals surface area contributed by atoms with E-state index >= 15 is 0 Å². The third-order valence-corrected chi connectivity index (χ3v) is 3.93. The van der Waals surface area contributed by atoms with Crippen molar-refractivity contribution < 1.29 is 9.53 Å². The zero-order valence-electron chi connectivity index (χ0n) is 14.6. The Kier molecular flexibility index (Phi) is 5.12. The summed E-state index contributed by atoms with van der Waals surface area (Å²) >= 11 is 0. The Balaban J connectivity index is 1.62. The van der Waals surface area contributed by atoms with Crippen molar-refractivity contribution in [1.29, 1.82) is 0 Å². The molecule has 6 heteroatoms. The number of benzene rings is 2. The van der Waals surface area contributed by atoms with Crippen LogP contribution in [0.25, 0.3) is 10.9 Å². The summed E-state index contributed by atoms with van der Waals surface area (Å²) in [7, 11) is 0. The number of aryl methyl sites for hydroxylation is 2. The van der Waals surface area contributed by atoms with Crippen molar-refractivity contribution in [3.63, 3.8) is 0 Å². The van der Waals surface area contributed by atoms with E-state index in [1.165, 1.54) is 6.21 Å². The van der Waals surface area contributed by atoms with E-state index in [0.29, 0.717) is 11.3 Å². The fourth-order valence-corrected chi connectivity index (χ4v) is 2.63. The lowest BCUT2D eigenvalue weighted by atomic mass is 10.1. The number of hydrogen-bond donors (Lipinski definition) is 2. The number of amides is 1. The predicted molar refractivity (Wildman–Crippen MR) is 102 cm³/mol. The summed E-state index contributed by atoms with van der Waals surface area (Å²) in [5.41, 5.74) is 5.13. The van der Waals surface area contributed by atoms with Crippen LogP contribution in [-0.4, -0.2) is 23.7 Å². The second kappa shape index (κ2) is 7.65. The highest BCUT2D eigenvalue weighted by atomic mass is 16.5. The molecule has 0 saturated carbocycles. The van der Waals surface area contributed by atoms with E-state index in [1.54, 1.807) is 6.07 Å². The third-order valence-electron chi connectivity index (χ3n) is 3.93. The van der Waals surface area contributed by atoms with Gasteiger partial charge in [0, 0.05) is 5.52 Å². The van der Waals surface area contributed by atoms with E-state index in [0.717, 1.165) is 22.0 Å². The fraction of sp³-hybridized carbons (Fsp3) is 0.150. The van der Waals surface area contributed by atoms with E-state index in [1.807, 2.05) is 56.3 Å². The highest BCUT2D eigenvalue weighted by Gasteiger charge is 2.06. The molecule has 0 unspecified atom stereocenters. The number of pyridine rings is 1. The lowest BCUT2D eigenvalue weighted by Crippen LogP contribution is -2.25. The molecule has 3 aromatic rings. The van der Waals surface area contributed by atoms with Gasteiger partial charge >= 0.3 is 0 Å². The lowest BCUT2D eigenvalue weighted by Gasteiger charge is -2.10. The SMILES string of the molecule is Cc1cccc(C)c1OCC(=O)NN=Cc1cc2ccccc2[nH]c1=O. The van der Waals surface area contributed by atoms with Crippen LogP contribution in [0.3, 0.4) is 0 Å². The van der Waals surface area contributed by atoms with Crippen molar-refractivity contribution in [3.05, 3.63) is 75.6 Å². The molecule has 0 saturated heterocycles. The maximum atomic E-state index is 12.0. The molecule has 0 bridgehead atoms. The van der Waals surface area contributed by atoms with Gasteiger partial charge in [-0.25, -0.2) is 5.43 Å². The number of rotatable bonds is 5. The van der Waals surface area contributed by atoms with Crippen molar-refractivity contribution in [2.45, 2.75) is 13.8 Å². The minimum Gasteiger partial charge on any atom is -0.483 e. The molecule has 1 heterocycles. The second-order valence-corrected chi connectivity index (χ2v) is 5.94. The number of carbonyl (C=O) groups excluding carboxylic acids is 1. The molecule has 0 atom stereocenters. The smallest absolute Gasteiger partial charge is 0.277 e. The van der Waals surface area contributed by atoms with Gasteiger partial charge in [0.25, 0.3) is 11.5 Å². The summed E-state index contributed by atoms with van der Waals surface area (Å²) in [6.45, 7) is 3.69. The number of H-pyrrole nitrogens is 1. The summed E-state index contributed by atoms with van der Waals surface area (Å²) in [4.78, 5) is 26.7. The van der Waals surface area contributed by atoms with Crippen LogP contribution in [0.1, 0.15) is 16.7 Å². The van der Waals surface area contributed by atoms with Gasteiger partial charge in [-0.05, 0) is 42.5 Å². The first-order valence-corrected chi connectivity index (χ1v) is 8.17. The number of para-hydroxylation sites is 2. The van der Waals surface area contributed by atoms with Gasteiger partial charge in [-0.15, -0.1) is 0 Å². The molecule has 0 aliphatic carbocycles. The minimum atomic E-state index is -0.402. The van der Waals surface area contributed by atoms with Crippen molar-refractivity contribution in [2.24, 2.45) is 5.10 Å². The van der Waals surface area contributed by atoms with Crippen LogP contribution in [0.5, 0.6) is 5.75 Å². The van der Waals surface area contributed by atoms with E-state index in [2.05, 4.69) is 15.5 Å². The quantitative estimate of drug-likeness (QED) is 0.549. The molecular weight excluding hydrogens is 330 g/mol. The van der Waals surface area contributed by atoms with Crippen LogP contribution in [0.4, 0.5) is 0 Å². The summed E-state index contributed by atoms with van der Waals surface area (Å²) < 4.78 is 5.56. The summed E-state index contributed by atoms with van der Waals surface area (Å²) in [5, 5.41) is 4.73. The van der Waals surface area contributed by atoms with E-state index in [-0.39, 0.29) is 12.2 Å². The highest BCUT2D eigenvalue weighted by molar-refractivity contribution is 5.88. The summed E-state index contributed by atoms with van der Waals surface area (Å²) in [6.07, 6.45) is 1.32. The normalized spacial score (nSPS) is 11.0. The molecule has 0 aliphatic heterocycles. The Labute approximate surface area is 150 Å². The van der Waals surface area contributed by atoms with Crippen molar-refractivity contribution in [3.8, 4) is 5.75 Å². The number of nitrogens with one attached hydrogen (secondary N) is 2. The molecule has 0 fully saturated rings. The van der Waals surface area contributed by atoms with Gasteiger partial charge in [0.15, 0.2) is 6.61 Å². The van der Waals surface area contributed by atoms with Gasteiger partial charge in [0.2, 0.25) is 0 Å². The maximum Gasteiger partial charge on any atom is 0.277 e. The monoisotopic (exact) mass is 349 g/mol. The molecule has 132 valence electrons. The molecule has 6 nitrogen and oxygen atoms in total. The third kappa shape index (κ3) is 3.97. The Morgan fingerprint density at radius 1 is 1.15 bits per heavy atom. The number of nitrogens with zero attached hydrogens (tertiary/aromatic N) is 1. The zero-order valence-corrected chi connectivity index (χ0v) is 14.6. The lowest BCUT2D eigenvalue weighted by molar-refractivity contribution is -0.123. The summed E-state index contributed by atoms with van der Waals surface area (Å²) in [6, 6.07) is 14.9. The molecule has 1 aromatic heterocycles. The molecule has 26 heavy (non-hydrogen) atoms. The molecule has 0 radical (unpaired) electrons. The highest BCUT2D eigenvalue weighted by Crippen LogP contribution is 2.21. The predicted octanol–water partition coefficient (Wildman–Crippen LogP) is 2.67. The molecule has 0 spiro atoms. The topological polar surface area (TPSA) is 83.5 Å². The van der Waals surface area contributed by atoms with E-state index in [9.17, 15) is 9.59 Å². The van der Waals surface area contributed by atoms with Crippen LogP contribution in [-0.2, 0) is 4.79 Å². The number of aromatic amines is 1. The van der Waals surface area contributed by atoms with Crippen LogP contribution < -0.4 is 15.7 Å². The van der Waals surface area contributed by atoms with E-state index in [4.69, 9.17) is 4.74 Å². The number of carbonyl (C=O) groups is 1. The maximum absolute atomic E-state index is 12.0. The number of aromatic nitrogens is 1. The number of hydrazone groups is 1. The minimum absolute atomic E-state index is 0.156. The van der Waals surface area contributed by atoms with Gasteiger partial charge in [0.1, 0.15) is 5.75 Å². The average molecular weight is 349 g/mol. The van der Waals surface area contributed by atoms with Crippen LogP contribution in [0, 0.1) is 13.8 Å². The zero-order chi connectivity index (χ0) is 18.5. The van der Waals surface area contributed by atoms with E-state index < -0.39 is 5.91 Å². The van der Waals surface area contributed by atoms with Crippen molar-refractivity contribution in [1.82, 2.24) is 10.4 Å². The first kappa shape index (κ1) is 17.4. The molecule has 0 aliphatic rings. The first-order valence-electron chi connectivity index (χ1n) is 8.17. The van der Waals surface area contributed by atoms with Gasteiger partial charge in [-0.2, -0.15) is 5.10 Å². The molecule has 2 N–H and O–H groups in total. The van der Waals surface area contributed by atoms with Gasteiger partial charge in [-0.3, -0.25) is 9.59 Å².